The lowest BCUT2D eigenvalue weighted by Crippen LogP contribution is -2.33. The third-order valence-corrected chi connectivity index (χ3v) is 1.57. The van der Waals surface area contributed by atoms with Crippen LogP contribution in [0.25, 0.3) is 0 Å². The van der Waals surface area contributed by atoms with E-state index in [-0.39, 0.29) is 0 Å². The largest absolute Gasteiger partial charge is 0.508 e. The summed E-state index contributed by atoms with van der Waals surface area (Å²) in [6, 6.07) is 7.41. The third-order valence-electron chi connectivity index (χ3n) is 1.57. The fourth-order valence-corrected chi connectivity index (χ4v) is 1.20. The summed E-state index contributed by atoms with van der Waals surface area (Å²) < 4.78 is 0.878. The molecule has 0 aliphatic rings. The van der Waals surface area contributed by atoms with Crippen molar-refractivity contribution in [3.05, 3.63) is 29.8 Å². The number of hydrogen-bond donors (Lipinski definition) is 1. The molecule has 2 heteroatoms. The second-order valence-corrected chi connectivity index (χ2v) is 4.12. The first kappa shape index (κ1) is 9.07. The Hall–Kier alpha value is -1.02. The Balaban J connectivity index is 2.77. The minimum absolute atomic E-state index is 0.348. The highest BCUT2D eigenvalue weighted by molar-refractivity contribution is 5.26. The lowest BCUT2D eigenvalue weighted by molar-refractivity contribution is -0.884. The van der Waals surface area contributed by atoms with E-state index < -0.39 is 0 Å². The molecule has 0 saturated carbocycles. The van der Waals surface area contributed by atoms with Crippen molar-refractivity contribution < 1.29 is 9.59 Å². The van der Waals surface area contributed by atoms with Gasteiger partial charge in [-0.3, -0.25) is 0 Å². The van der Waals surface area contributed by atoms with Crippen LogP contribution in [0.2, 0.25) is 0 Å². The highest BCUT2D eigenvalue weighted by Gasteiger charge is 2.07. The van der Waals surface area contributed by atoms with Crippen LogP contribution in [0.15, 0.2) is 24.3 Å². The smallest absolute Gasteiger partial charge is 0.116 e. The molecule has 0 unspecified atom stereocenters. The fourth-order valence-electron chi connectivity index (χ4n) is 1.20. The van der Waals surface area contributed by atoms with Crippen LogP contribution in [0.5, 0.6) is 5.75 Å². The molecule has 0 aliphatic heterocycles. The number of aromatic hydroxyl groups is 1. The van der Waals surface area contributed by atoms with Crippen molar-refractivity contribution in [3.8, 4) is 5.75 Å². The second-order valence-electron chi connectivity index (χ2n) is 4.12. The van der Waals surface area contributed by atoms with Gasteiger partial charge >= 0.3 is 0 Å². The van der Waals surface area contributed by atoms with Gasteiger partial charge in [0.2, 0.25) is 0 Å². The standard InChI is InChI=1S/C10H15NO/c1-11(2,3)8-9-5-4-6-10(12)7-9/h4-7H,8H2,1-3H3/p+1. The molecule has 0 atom stereocenters. The summed E-state index contributed by atoms with van der Waals surface area (Å²) >= 11 is 0. The molecule has 12 heavy (non-hydrogen) atoms. The Morgan fingerprint density at radius 1 is 1.25 bits per heavy atom. The predicted octanol–water partition coefficient (Wildman–Crippen LogP) is 1.60. The maximum absolute atomic E-state index is 9.20. The number of benzene rings is 1. The fraction of sp³-hybridized carbons (Fsp3) is 0.400. The van der Waals surface area contributed by atoms with E-state index in [1.807, 2.05) is 18.2 Å². The molecule has 2 nitrogen and oxygen atoms in total. The first-order valence-electron chi connectivity index (χ1n) is 4.06. The first-order chi connectivity index (χ1) is 5.47. The molecule has 1 N–H and O–H groups in total. The quantitative estimate of drug-likeness (QED) is 0.662. The number of hydrogen-bond acceptors (Lipinski definition) is 1. The zero-order valence-corrected chi connectivity index (χ0v) is 7.91. The molecule has 0 aromatic heterocycles. The number of quaternary nitrogens is 1. The lowest BCUT2D eigenvalue weighted by atomic mass is 10.2. The van der Waals surface area contributed by atoms with Crippen LogP contribution in [-0.4, -0.2) is 30.7 Å². The van der Waals surface area contributed by atoms with Crippen LogP contribution < -0.4 is 0 Å². The Bertz CT molecular complexity index is 263. The Morgan fingerprint density at radius 3 is 2.42 bits per heavy atom. The topological polar surface area (TPSA) is 20.2 Å². The van der Waals surface area contributed by atoms with Gasteiger partial charge in [0.25, 0.3) is 0 Å². The molecular weight excluding hydrogens is 150 g/mol. The molecule has 0 radical (unpaired) electrons. The molecule has 0 saturated heterocycles. The summed E-state index contributed by atoms with van der Waals surface area (Å²) in [5.41, 5.74) is 1.17. The zero-order valence-electron chi connectivity index (χ0n) is 7.91. The second kappa shape index (κ2) is 3.15. The van der Waals surface area contributed by atoms with E-state index >= 15 is 0 Å². The maximum Gasteiger partial charge on any atom is 0.116 e. The van der Waals surface area contributed by atoms with Crippen molar-refractivity contribution in [1.29, 1.82) is 0 Å². The van der Waals surface area contributed by atoms with E-state index in [4.69, 9.17) is 0 Å². The number of phenols is 1. The molecule has 0 heterocycles. The summed E-state index contributed by atoms with van der Waals surface area (Å²) in [4.78, 5) is 0. The van der Waals surface area contributed by atoms with Gasteiger partial charge in [-0.2, -0.15) is 0 Å². The Kier molecular flexibility index (Phi) is 2.38. The van der Waals surface area contributed by atoms with Crippen molar-refractivity contribution in [1.82, 2.24) is 0 Å². The highest BCUT2D eigenvalue weighted by atomic mass is 16.3. The summed E-state index contributed by atoms with van der Waals surface area (Å²) in [6.07, 6.45) is 0. The molecule has 66 valence electrons. The van der Waals surface area contributed by atoms with Crippen LogP contribution in [0.3, 0.4) is 0 Å². The van der Waals surface area contributed by atoms with E-state index in [0.29, 0.717) is 5.75 Å². The molecule has 1 aromatic rings. The van der Waals surface area contributed by atoms with E-state index in [0.717, 1.165) is 11.0 Å². The van der Waals surface area contributed by atoms with Gasteiger partial charge in [0, 0.05) is 5.56 Å². The highest BCUT2D eigenvalue weighted by Crippen LogP contribution is 2.13. The maximum atomic E-state index is 9.20. The molecule has 1 aromatic carbocycles. The molecule has 0 bridgehead atoms. The summed E-state index contributed by atoms with van der Waals surface area (Å²) in [7, 11) is 6.39. The summed E-state index contributed by atoms with van der Waals surface area (Å²) in [5, 5.41) is 9.20. The first-order valence-corrected chi connectivity index (χ1v) is 4.06. The van der Waals surface area contributed by atoms with Crippen molar-refractivity contribution in [3.63, 3.8) is 0 Å². The lowest BCUT2D eigenvalue weighted by Gasteiger charge is -2.23. The van der Waals surface area contributed by atoms with Gasteiger partial charge in [-0.25, -0.2) is 0 Å². The number of rotatable bonds is 2. The number of nitrogens with zero attached hydrogens (tertiary/aromatic N) is 1. The van der Waals surface area contributed by atoms with Crippen molar-refractivity contribution in [2.75, 3.05) is 21.1 Å². The predicted molar refractivity (Wildman–Crippen MR) is 49.8 cm³/mol. The van der Waals surface area contributed by atoms with Crippen LogP contribution in [-0.2, 0) is 6.54 Å². The van der Waals surface area contributed by atoms with Crippen molar-refractivity contribution in [2.24, 2.45) is 0 Å². The minimum Gasteiger partial charge on any atom is -0.508 e. The molecule has 0 aliphatic carbocycles. The van der Waals surface area contributed by atoms with Crippen molar-refractivity contribution in [2.45, 2.75) is 6.54 Å². The monoisotopic (exact) mass is 166 g/mol. The average Bonchev–Trinajstić information content (AvgIpc) is 1.82. The molecule has 1 rings (SSSR count). The summed E-state index contributed by atoms with van der Waals surface area (Å²) in [6.45, 7) is 0.939. The van der Waals surface area contributed by atoms with Gasteiger partial charge in [0.05, 0.1) is 21.1 Å². The van der Waals surface area contributed by atoms with E-state index in [9.17, 15) is 5.11 Å². The molecule has 0 fully saturated rings. The Morgan fingerprint density at radius 2 is 1.92 bits per heavy atom. The zero-order chi connectivity index (χ0) is 9.19. The van der Waals surface area contributed by atoms with Gasteiger partial charge in [0.1, 0.15) is 12.3 Å². The van der Waals surface area contributed by atoms with Crippen LogP contribution in [0.4, 0.5) is 0 Å². The van der Waals surface area contributed by atoms with Gasteiger partial charge in [-0.15, -0.1) is 0 Å². The minimum atomic E-state index is 0.348. The summed E-state index contributed by atoms with van der Waals surface area (Å²) in [5.74, 6) is 0.348. The van der Waals surface area contributed by atoms with E-state index in [1.165, 1.54) is 5.56 Å². The van der Waals surface area contributed by atoms with Gasteiger partial charge < -0.3 is 9.59 Å². The Labute approximate surface area is 73.7 Å². The van der Waals surface area contributed by atoms with Crippen LogP contribution in [0, 0.1) is 0 Å². The SMILES string of the molecule is C[N+](C)(C)Cc1cccc(O)c1. The van der Waals surface area contributed by atoms with Gasteiger partial charge in [-0.1, -0.05) is 12.1 Å². The normalized spacial score (nSPS) is 11.6. The van der Waals surface area contributed by atoms with Crippen LogP contribution in [0.1, 0.15) is 5.56 Å². The van der Waals surface area contributed by atoms with E-state index in [1.54, 1.807) is 6.07 Å². The van der Waals surface area contributed by atoms with Crippen molar-refractivity contribution >= 4 is 0 Å². The molecule has 0 amide bonds. The average molecular weight is 166 g/mol. The molecule has 0 spiro atoms. The van der Waals surface area contributed by atoms with Gasteiger partial charge in [-0.05, 0) is 12.1 Å². The third kappa shape index (κ3) is 2.93. The van der Waals surface area contributed by atoms with E-state index in [2.05, 4.69) is 21.1 Å². The number of phenolic OH excluding ortho intramolecular Hbond substituents is 1. The molecular formula is C10H16NO+. The van der Waals surface area contributed by atoms with Crippen LogP contribution >= 0.6 is 0 Å². The van der Waals surface area contributed by atoms with Gasteiger partial charge in [0.15, 0.2) is 0 Å².